The normalized spacial score (nSPS) is 12.1. The van der Waals surface area contributed by atoms with E-state index in [1.54, 1.807) is 18.2 Å². The number of hydrogen-bond acceptors (Lipinski definition) is 2. The van der Waals surface area contributed by atoms with Crippen molar-refractivity contribution in [3.05, 3.63) is 230 Å². The van der Waals surface area contributed by atoms with E-state index in [1.807, 2.05) is 140 Å². The molecule has 0 atom stereocenters. The molecule has 70 heavy (non-hydrogen) atoms. The van der Waals surface area contributed by atoms with Gasteiger partial charge >= 0.3 is 12.4 Å². The van der Waals surface area contributed by atoms with Crippen LogP contribution in [0.5, 0.6) is 0 Å². The second-order valence-corrected chi connectivity index (χ2v) is 17.2. The van der Waals surface area contributed by atoms with E-state index >= 15 is 0 Å². The van der Waals surface area contributed by atoms with Crippen LogP contribution in [0.4, 0.5) is 26.3 Å². The first kappa shape index (κ1) is 42.6. The number of halogens is 6. The van der Waals surface area contributed by atoms with Gasteiger partial charge in [-0.15, -0.1) is 0 Å². The van der Waals surface area contributed by atoms with E-state index < -0.39 is 23.5 Å². The number of para-hydroxylation sites is 4. The topological polar surface area (TPSA) is 35.6 Å². The van der Waals surface area contributed by atoms with E-state index in [1.165, 1.54) is 0 Å². The van der Waals surface area contributed by atoms with E-state index in [2.05, 4.69) is 51.6 Å². The molecule has 0 aliphatic heterocycles. The third-order valence-electron chi connectivity index (χ3n) is 13.0. The third kappa shape index (κ3) is 7.27. The van der Waals surface area contributed by atoms with Crippen molar-refractivity contribution in [3.8, 4) is 67.5 Å². The molecule has 0 N–H and O–H groups in total. The van der Waals surface area contributed by atoms with Crippen LogP contribution in [0.25, 0.3) is 111 Å². The number of hydrogen-bond donors (Lipinski definition) is 0. The van der Waals surface area contributed by atoms with Crippen molar-refractivity contribution in [2.45, 2.75) is 12.4 Å². The summed E-state index contributed by atoms with van der Waals surface area (Å²) in [5, 5.41) is 3.59. The molecule has 10 heteroatoms. The standard InChI is InChI=1S/C60H36F6N4/c61-59(62,63)41-32-40(33-42(35-41)60(64,65)66)39-30-31-55-48(34-39)45-22-9-13-27-53(45)70(55)56-29-15-24-46(50-36-49(37-16-3-1-4-17-37)67-58(68-50)38-18-5-2-6-19-38)57(56)47-23-10-14-28-54(47)69-51-25-11-7-20-43(51)44-21-8-12-26-52(44)69/h1-36H. The average Bonchev–Trinajstić information content (AvgIpc) is 3.90. The Morgan fingerprint density at radius 1 is 0.314 bits per heavy atom. The van der Waals surface area contributed by atoms with Crippen LogP contribution in [0.1, 0.15) is 11.1 Å². The Labute approximate surface area is 397 Å². The molecule has 0 aliphatic carbocycles. The average molecular weight is 927 g/mol. The van der Waals surface area contributed by atoms with Crippen LogP contribution in [0.3, 0.4) is 0 Å². The van der Waals surface area contributed by atoms with Gasteiger partial charge in [-0.2, -0.15) is 26.3 Å². The van der Waals surface area contributed by atoms with E-state index in [0.717, 1.165) is 89.7 Å². The van der Waals surface area contributed by atoms with Crippen LogP contribution in [-0.4, -0.2) is 19.1 Å². The highest BCUT2D eigenvalue weighted by atomic mass is 19.4. The molecular formula is C60H36F6N4. The summed E-state index contributed by atoms with van der Waals surface area (Å²) in [5.74, 6) is 0.539. The molecule has 0 radical (unpaired) electrons. The van der Waals surface area contributed by atoms with Crippen molar-refractivity contribution in [1.82, 2.24) is 19.1 Å². The zero-order chi connectivity index (χ0) is 47.7. The van der Waals surface area contributed by atoms with Crippen LogP contribution in [0, 0.1) is 0 Å². The summed E-state index contributed by atoms with van der Waals surface area (Å²) in [6.45, 7) is 0. The molecule has 12 rings (SSSR count). The molecule has 3 heterocycles. The van der Waals surface area contributed by atoms with E-state index in [4.69, 9.17) is 9.97 Å². The number of nitrogens with zero attached hydrogens (tertiary/aromatic N) is 4. The minimum absolute atomic E-state index is 0.156. The predicted octanol–water partition coefficient (Wildman–Crippen LogP) is 17.0. The molecule has 4 nitrogen and oxygen atoms in total. The van der Waals surface area contributed by atoms with Crippen LogP contribution in [0.2, 0.25) is 0 Å². The number of alkyl halides is 6. The Morgan fingerprint density at radius 2 is 0.786 bits per heavy atom. The zero-order valence-electron chi connectivity index (χ0n) is 36.8. The molecule has 0 saturated heterocycles. The number of fused-ring (bicyclic) bond motifs is 6. The quantitative estimate of drug-likeness (QED) is 0.149. The summed E-state index contributed by atoms with van der Waals surface area (Å²) in [7, 11) is 0. The Kier molecular flexibility index (Phi) is 10.0. The summed E-state index contributed by atoms with van der Waals surface area (Å²) in [5.41, 5.74) is 8.08. The van der Waals surface area contributed by atoms with E-state index in [-0.39, 0.29) is 17.2 Å². The van der Waals surface area contributed by atoms with Gasteiger partial charge in [0, 0.05) is 49.4 Å². The van der Waals surface area contributed by atoms with Gasteiger partial charge in [0.1, 0.15) is 0 Å². The summed E-state index contributed by atoms with van der Waals surface area (Å²) in [6.07, 6.45) is -10.00. The summed E-state index contributed by atoms with van der Waals surface area (Å²) in [4.78, 5) is 10.4. The van der Waals surface area contributed by atoms with Gasteiger partial charge in [0.15, 0.2) is 5.82 Å². The second kappa shape index (κ2) is 16.5. The first-order chi connectivity index (χ1) is 34.0. The number of rotatable bonds is 7. The lowest BCUT2D eigenvalue weighted by Crippen LogP contribution is -2.11. The lowest BCUT2D eigenvalue weighted by atomic mass is 9.93. The van der Waals surface area contributed by atoms with Gasteiger partial charge in [-0.25, -0.2) is 9.97 Å². The smallest absolute Gasteiger partial charge is 0.309 e. The van der Waals surface area contributed by atoms with Crippen LogP contribution in [-0.2, 0) is 12.4 Å². The molecule has 338 valence electrons. The Morgan fingerprint density at radius 3 is 1.40 bits per heavy atom. The predicted molar refractivity (Wildman–Crippen MR) is 268 cm³/mol. The minimum atomic E-state index is -5.00. The van der Waals surface area contributed by atoms with E-state index in [0.29, 0.717) is 22.4 Å². The lowest BCUT2D eigenvalue weighted by molar-refractivity contribution is -0.143. The second-order valence-electron chi connectivity index (χ2n) is 17.2. The molecule has 0 fully saturated rings. The van der Waals surface area contributed by atoms with Crippen molar-refractivity contribution in [2.75, 3.05) is 0 Å². The van der Waals surface area contributed by atoms with Gasteiger partial charge in [0.05, 0.1) is 56.0 Å². The van der Waals surface area contributed by atoms with Crippen molar-refractivity contribution >= 4 is 43.6 Å². The maximum Gasteiger partial charge on any atom is 0.416 e. The molecule has 0 bridgehead atoms. The van der Waals surface area contributed by atoms with Crippen LogP contribution in [0.15, 0.2) is 218 Å². The number of benzene rings is 9. The van der Waals surface area contributed by atoms with Gasteiger partial charge in [0.25, 0.3) is 0 Å². The maximum atomic E-state index is 14.1. The monoisotopic (exact) mass is 926 g/mol. The molecular weight excluding hydrogens is 891 g/mol. The Hall–Kier alpha value is -8.76. The van der Waals surface area contributed by atoms with Crippen LogP contribution >= 0.6 is 0 Å². The molecule has 0 saturated carbocycles. The number of aromatic nitrogens is 4. The zero-order valence-corrected chi connectivity index (χ0v) is 36.8. The van der Waals surface area contributed by atoms with Crippen LogP contribution < -0.4 is 0 Å². The summed E-state index contributed by atoms with van der Waals surface area (Å²) < 4.78 is 89.3. The molecule has 9 aromatic carbocycles. The lowest BCUT2D eigenvalue weighted by Gasteiger charge is -2.22. The SMILES string of the molecule is FC(F)(F)c1cc(-c2ccc3c(c2)c2ccccc2n3-c2cccc(-c3cc(-c4ccccc4)nc(-c4ccccc4)n3)c2-c2ccccc2-n2c3ccccc3c3ccccc32)cc(C(F)(F)F)c1. The fourth-order valence-corrected chi connectivity index (χ4v) is 9.88. The molecule has 0 spiro atoms. The molecule has 0 amide bonds. The molecule has 0 aliphatic rings. The Balaban J connectivity index is 1.17. The molecule has 12 aromatic rings. The summed E-state index contributed by atoms with van der Waals surface area (Å²) in [6, 6.07) is 67.2. The minimum Gasteiger partial charge on any atom is -0.309 e. The van der Waals surface area contributed by atoms with Gasteiger partial charge in [-0.3, -0.25) is 0 Å². The third-order valence-corrected chi connectivity index (χ3v) is 13.0. The van der Waals surface area contributed by atoms with Gasteiger partial charge in [-0.1, -0.05) is 152 Å². The van der Waals surface area contributed by atoms with Gasteiger partial charge in [0.2, 0.25) is 0 Å². The van der Waals surface area contributed by atoms with Crippen molar-refractivity contribution < 1.29 is 26.3 Å². The van der Waals surface area contributed by atoms with Crippen molar-refractivity contribution in [1.29, 1.82) is 0 Å². The highest BCUT2D eigenvalue weighted by Gasteiger charge is 2.37. The van der Waals surface area contributed by atoms with Gasteiger partial charge < -0.3 is 9.13 Å². The molecule has 0 unspecified atom stereocenters. The maximum absolute atomic E-state index is 14.1. The fourth-order valence-electron chi connectivity index (χ4n) is 9.88. The fraction of sp³-hybridized carbons (Fsp3) is 0.0333. The first-order valence-electron chi connectivity index (χ1n) is 22.5. The van der Waals surface area contributed by atoms with Crippen molar-refractivity contribution in [2.24, 2.45) is 0 Å². The highest BCUT2D eigenvalue weighted by Crippen LogP contribution is 2.46. The van der Waals surface area contributed by atoms with Crippen molar-refractivity contribution in [3.63, 3.8) is 0 Å². The summed E-state index contributed by atoms with van der Waals surface area (Å²) >= 11 is 0. The Bertz CT molecular complexity index is 3840. The van der Waals surface area contributed by atoms with E-state index in [9.17, 15) is 26.3 Å². The largest absolute Gasteiger partial charge is 0.416 e. The first-order valence-corrected chi connectivity index (χ1v) is 22.5. The molecule has 3 aromatic heterocycles. The van der Waals surface area contributed by atoms with Gasteiger partial charge in [-0.05, 0) is 77.9 Å². The highest BCUT2D eigenvalue weighted by molar-refractivity contribution is 6.13.